The Balaban J connectivity index is 1.41. The smallest absolute Gasteiger partial charge is 0.353 e. The number of carbonyl (C=O) groups is 1. The molecule has 2 amide bonds. The van der Waals surface area contributed by atoms with E-state index in [2.05, 4.69) is 15.4 Å². The predicted molar refractivity (Wildman–Crippen MR) is 103 cm³/mol. The molecule has 1 fully saturated rings. The highest BCUT2D eigenvalue weighted by Gasteiger charge is 2.31. The maximum Gasteiger partial charge on any atom is 0.416 e. The lowest BCUT2D eigenvalue weighted by Gasteiger charge is -2.35. The molecule has 1 N–H and O–H groups in total. The van der Waals surface area contributed by atoms with E-state index in [9.17, 15) is 18.0 Å². The molecule has 0 saturated carbocycles. The molecule has 2 aromatic heterocycles. The van der Waals surface area contributed by atoms with E-state index in [1.807, 2.05) is 25.2 Å². The maximum absolute atomic E-state index is 12.9. The number of amides is 2. The summed E-state index contributed by atoms with van der Waals surface area (Å²) < 4.78 is 40.5. The van der Waals surface area contributed by atoms with Crippen LogP contribution in [0.4, 0.5) is 29.5 Å². The number of hydrogen-bond acceptors (Lipinski definition) is 4. The van der Waals surface area contributed by atoms with Gasteiger partial charge in [0.15, 0.2) is 0 Å². The average Bonchev–Trinajstić information content (AvgIpc) is 3.10. The fourth-order valence-electron chi connectivity index (χ4n) is 3.39. The molecule has 29 heavy (non-hydrogen) atoms. The molecule has 0 spiro atoms. The summed E-state index contributed by atoms with van der Waals surface area (Å²) in [7, 11) is 1.83. The summed E-state index contributed by atoms with van der Waals surface area (Å²) in [5, 5.41) is 7.95. The van der Waals surface area contributed by atoms with E-state index < -0.39 is 11.7 Å². The molecular formula is C19H19F3N6O. The normalized spacial score (nSPS) is 15.0. The Kier molecular flexibility index (Phi) is 4.77. The van der Waals surface area contributed by atoms with Gasteiger partial charge in [-0.25, -0.2) is 9.78 Å². The summed E-state index contributed by atoms with van der Waals surface area (Å²) >= 11 is 0. The van der Waals surface area contributed by atoms with Crippen molar-refractivity contribution in [1.82, 2.24) is 19.7 Å². The van der Waals surface area contributed by atoms with Crippen molar-refractivity contribution in [2.75, 3.05) is 36.4 Å². The third-order valence-corrected chi connectivity index (χ3v) is 5.00. The molecule has 10 heteroatoms. The first-order chi connectivity index (χ1) is 13.8. The third kappa shape index (κ3) is 3.82. The van der Waals surface area contributed by atoms with Crippen molar-refractivity contribution in [2.24, 2.45) is 7.05 Å². The zero-order chi connectivity index (χ0) is 20.6. The molecule has 0 unspecified atom stereocenters. The number of alkyl halides is 3. The van der Waals surface area contributed by atoms with Crippen LogP contribution in [0.5, 0.6) is 0 Å². The molecule has 0 aliphatic carbocycles. The number of carbonyl (C=O) groups excluding carboxylic acids is 1. The zero-order valence-corrected chi connectivity index (χ0v) is 15.6. The minimum Gasteiger partial charge on any atom is -0.353 e. The van der Waals surface area contributed by atoms with Crippen LogP contribution in [-0.4, -0.2) is 51.9 Å². The molecular weight excluding hydrogens is 385 g/mol. The molecule has 1 aliphatic heterocycles. The van der Waals surface area contributed by atoms with Crippen molar-refractivity contribution in [3.63, 3.8) is 0 Å². The molecule has 1 aliphatic rings. The number of aryl methyl sites for hydroxylation is 1. The van der Waals surface area contributed by atoms with Gasteiger partial charge in [-0.3, -0.25) is 4.68 Å². The Morgan fingerprint density at radius 2 is 1.90 bits per heavy atom. The number of nitrogens with one attached hydrogen (secondary N) is 1. The van der Waals surface area contributed by atoms with Gasteiger partial charge < -0.3 is 15.1 Å². The molecule has 1 aromatic carbocycles. The number of fused-ring (bicyclic) bond motifs is 1. The van der Waals surface area contributed by atoms with Crippen molar-refractivity contribution in [3.8, 4) is 0 Å². The van der Waals surface area contributed by atoms with Gasteiger partial charge >= 0.3 is 12.2 Å². The van der Waals surface area contributed by atoms with E-state index in [1.54, 1.807) is 20.7 Å². The van der Waals surface area contributed by atoms with Crippen LogP contribution in [0.2, 0.25) is 0 Å². The fourth-order valence-corrected chi connectivity index (χ4v) is 3.39. The number of aromatic nitrogens is 3. The van der Waals surface area contributed by atoms with E-state index in [1.165, 1.54) is 0 Å². The molecule has 1 saturated heterocycles. The second-order valence-electron chi connectivity index (χ2n) is 6.81. The molecule has 152 valence electrons. The van der Waals surface area contributed by atoms with Gasteiger partial charge in [0.1, 0.15) is 5.82 Å². The lowest BCUT2D eigenvalue weighted by Crippen LogP contribution is -2.50. The minimum absolute atomic E-state index is 0.252. The number of anilines is 2. The van der Waals surface area contributed by atoms with Gasteiger partial charge in [0, 0.05) is 44.8 Å². The topological polar surface area (TPSA) is 66.3 Å². The molecule has 4 rings (SSSR count). The van der Waals surface area contributed by atoms with E-state index in [0.717, 1.165) is 29.2 Å². The van der Waals surface area contributed by atoms with Crippen molar-refractivity contribution in [2.45, 2.75) is 6.18 Å². The Morgan fingerprint density at radius 3 is 2.62 bits per heavy atom. The summed E-state index contributed by atoms with van der Waals surface area (Å²) in [6.07, 6.45) is -1.55. The molecule has 0 atom stereocenters. The molecule has 3 aromatic rings. The summed E-state index contributed by atoms with van der Waals surface area (Å²) in [5.74, 6) is 0.264. The second kappa shape index (κ2) is 7.26. The number of nitrogens with zero attached hydrogens (tertiary/aromatic N) is 5. The van der Waals surface area contributed by atoms with E-state index in [-0.39, 0.29) is 11.8 Å². The number of piperazine rings is 1. The highest BCUT2D eigenvalue weighted by molar-refractivity contribution is 6.00. The number of benzene rings is 1. The van der Waals surface area contributed by atoms with Crippen molar-refractivity contribution in [1.29, 1.82) is 0 Å². The van der Waals surface area contributed by atoms with Crippen molar-refractivity contribution < 1.29 is 18.0 Å². The molecule has 7 nitrogen and oxygen atoms in total. The van der Waals surface area contributed by atoms with Crippen LogP contribution >= 0.6 is 0 Å². The van der Waals surface area contributed by atoms with Crippen molar-refractivity contribution >= 4 is 28.4 Å². The first kappa shape index (κ1) is 19.0. The zero-order valence-electron chi connectivity index (χ0n) is 15.6. The first-order valence-corrected chi connectivity index (χ1v) is 9.08. The van der Waals surface area contributed by atoms with E-state index in [4.69, 9.17) is 0 Å². The van der Waals surface area contributed by atoms with E-state index in [0.29, 0.717) is 31.9 Å². The largest absolute Gasteiger partial charge is 0.416 e. The lowest BCUT2D eigenvalue weighted by molar-refractivity contribution is -0.137. The highest BCUT2D eigenvalue weighted by atomic mass is 19.4. The summed E-state index contributed by atoms with van der Waals surface area (Å²) in [5.41, 5.74) is 0.845. The Labute approximate surface area is 164 Å². The van der Waals surface area contributed by atoms with Crippen LogP contribution in [0.1, 0.15) is 5.56 Å². The maximum atomic E-state index is 12.9. The Morgan fingerprint density at radius 1 is 1.14 bits per heavy atom. The summed E-state index contributed by atoms with van der Waals surface area (Å²) in [4.78, 5) is 20.1. The molecule has 0 bridgehead atoms. The average molecular weight is 404 g/mol. The molecule has 0 radical (unpaired) electrons. The van der Waals surface area contributed by atoms with Crippen LogP contribution in [-0.2, 0) is 13.2 Å². The van der Waals surface area contributed by atoms with Gasteiger partial charge in [-0.1, -0.05) is 6.07 Å². The summed E-state index contributed by atoms with van der Waals surface area (Å²) in [6.45, 7) is 1.57. The molecule has 3 heterocycles. The van der Waals surface area contributed by atoms with Gasteiger partial charge in [-0.15, -0.1) is 0 Å². The minimum atomic E-state index is -4.41. The number of rotatable bonds is 2. The van der Waals surface area contributed by atoms with Crippen LogP contribution < -0.4 is 10.2 Å². The lowest BCUT2D eigenvalue weighted by atomic mass is 10.2. The van der Waals surface area contributed by atoms with Gasteiger partial charge in [0.05, 0.1) is 23.0 Å². The Bertz CT molecular complexity index is 1040. The van der Waals surface area contributed by atoms with Gasteiger partial charge in [0.25, 0.3) is 0 Å². The fraction of sp³-hybridized carbons (Fsp3) is 0.316. The number of pyridine rings is 1. The summed E-state index contributed by atoms with van der Waals surface area (Å²) in [6, 6.07) is 7.31. The Hall–Kier alpha value is -3.30. The SMILES string of the molecule is Cn1ncc2c(NC(=O)N3CCN(c4cc(C(F)(F)F)ccn4)CC3)cccc21. The van der Waals surface area contributed by atoms with Gasteiger partial charge in [0.2, 0.25) is 0 Å². The van der Waals surface area contributed by atoms with Crippen LogP contribution in [0, 0.1) is 0 Å². The van der Waals surface area contributed by atoms with Gasteiger partial charge in [-0.2, -0.15) is 18.3 Å². The second-order valence-corrected chi connectivity index (χ2v) is 6.81. The number of halogens is 3. The first-order valence-electron chi connectivity index (χ1n) is 9.08. The standard InChI is InChI=1S/C19H19F3N6O/c1-26-16-4-2-3-15(14(16)12-24-26)25-18(29)28-9-7-27(8-10-28)17-11-13(5-6-23-17)19(20,21)22/h2-6,11-12H,7-10H2,1H3,(H,25,29). The predicted octanol–water partition coefficient (Wildman–Crippen LogP) is 3.34. The van der Waals surface area contributed by atoms with Crippen molar-refractivity contribution in [3.05, 3.63) is 48.3 Å². The highest BCUT2D eigenvalue weighted by Crippen LogP contribution is 2.31. The van der Waals surface area contributed by atoms with E-state index >= 15 is 0 Å². The number of hydrogen-bond donors (Lipinski definition) is 1. The van der Waals surface area contributed by atoms with Crippen LogP contribution in [0.3, 0.4) is 0 Å². The van der Waals surface area contributed by atoms with Crippen LogP contribution in [0.25, 0.3) is 10.9 Å². The van der Waals surface area contributed by atoms with Crippen LogP contribution in [0.15, 0.2) is 42.7 Å². The third-order valence-electron chi connectivity index (χ3n) is 5.00. The number of urea groups is 1. The quantitative estimate of drug-likeness (QED) is 0.712. The van der Waals surface area contributed by atoms with Gasteiger partial charge in [-0.05, 0) is 24.3 Å². The monoisotopic (exact) mass is 404 g/mol.